The van der Waals surface area contributed by atoms with Crippen LogP contribution in [0.2, 0.25) is 0 Å². The van der Waals surface area contributed by atoms with E-state index in [0.717, 1.165) is 35.6 Å². The number of anilines is 1. The minimum atomic E-state index is -0.306. The zero-order valence-electron chi connectivity index (χ0n) is 12.4. The number of halogens is 2. The Balaban J connectivity index is 1.76. The van der Waals surface area contributed by atoms with Crippen molar-refractivity contribution in [3.8, 4) is 5.69 Å². The summed E-state index contributed by atoms with van der Waals surface area (Å²) in [5.41, 5.74) is 3.43. The van der Waals surface area contributed by atoms with Gasteiger partial charge >= 0.3 is 0 Å². The molecular formula is C18H15F2N3. The van der Waals surface area contributed by atoms with Gasteiger partial charge in [-0.3, -0.25) is 0 Å². The van der Waals surface area contributed by atoms with Crippen LogP contribution in [0, 0.1) is 11.6 Å². The molecule has 23 heavy (non-hydrogen) atoms. The zero-order valence-corrected chi connectivity index (χ0v) is 12.4. The third-order valence-corrected chi connectivity index (χ3v) is 4.10. The Morgan fingerprint density at radius 2 is 1.83 bits per heavy atom. The molecular weight excluding hydrogens is 296 g/mol. The molecule has 0 radical (unpaired) electrons. The molecule has 3 nitrogen and oxygen atoms in total. The first kappa shape index (κ1) is 13.9. The summed E-state index contributed by atoms with van der Waals surface area (Å²) in [5, 5.41) is 7.88. The van der Waals surface area contributed by atoms with Crippen molar-refractivity contribution in [2.75, 3.05) is 11.9 Å². The van der Waals surface area contributed by atoms with Crippen LogP contribution in [0.4, 0.5) is 14.6 Å². The topological polar surface area (TPSA) is 29.9 Å². The van der Waals surface area contributed by atoms with Crippen LogP contribution < -0.4 is 5.32 Å². The van der Waals surface area contributed by atoms with E-state index < -0.39 is 0 Å². The highest BCUT2D eigenvalue weighted by molar-refractivity contribution is 5.57. The molecule has 2 aromatic carbocycles. The normalized spacial score (nSPS) is 13.0. The summed E-state index contributed by atoms with van der Waals surface area (Å²) in [6.07, 6.45) is 1.46. The van der Waals surface area contributed by atoms with Gasteiger partial charge in [0.1, 0.15) is 23.1 Å². The summed E-state index contributed by atoms with van der Waals surface area (Å²) in [4.78, 5) is 0. The highest BCUT2D eigenvalue weighted by Gasteiger charge is 2.24. The van der Waals surface area contributed by atoms with Crippen molar-refractivity contribution in [2.45, 2.75) is 12.8 Å². The molecule has 4 rings (SSSR count). The van der Waals surface area contributed by atoms with Crippen LogP contribution in [0.25, 0.3) is 5.69 Å². The summed E-state index contributed by atoms with van der Waals surface area (Å²) >= 11 is 0. The number of nitrogens with zero attached hydrogens (tertiary/aromatic N) is 2. The molecule has 2 heterocycles. The fourth-order valence-corrected chi connectivity index (χ4v) is 2.98. The van der Waals surface area contributed by atoms with E-state index >= 15 is 0 Å². The molecule has 0 saturated heterocycles. The number of hydrogen-bond acceptors (Lipinski definition) is 2. The van der Waals surface area contributed by atoms with Crippen LogP contribution >= 0.6 is 0 Å². The summed E-state index contributed by atoms with van der Waals surface area (Å²) in [6.45, 7) is 0.818. The number of rotatable bonds is 3. The predicted molar refractivity (Wildman–Crippen MR) is 84.9 cm³/mol. The fourth-order valence-electron chi connectivity index (χ4n) is 2.98. The number of nitrogens with one attached hydrogen (secondary N) is 1. The number of hydrogen-bond donors (Lipinski definition) is 1. The average Bonchev–Trinajstić information content (AvgIpc) is 3.14. The van der Waals surface area contributed by atoms with Gasteiger partial charge in [-0.25, -0.2) is 13.5 Å². The van der Waals surface area contributed by atoms with Crippen molar-refractivity contribution in [3.63, 3.8) is 0 Å². The SMILES string of the molecule is Fc1ccc(Cc2nn(-c3ccccc3F)c3c2CCN3)cc1. The van der Waals surface area contributed by atoms with E-state index in [0.29, 0.717) is 12.1 Å². The third kappa shape index (κ3) is 2.48. The third-order valence-electron chi connectivity index (χ3n) is 4.10. The maximum atomic E-state index is 14.1. The quantitative estimate of drug-likeness (QED) is 0.799. The molecule has 0 unspecified atom stereocenters. The summed E-state index contributed by atoms with van der Waals surface area (Å²) in [7, 11) is 0. The average molecular weight is 311 g/mol. The second-order valence-corrected chi connectivity index (χ2v) is 5.62. The number of para-hydroxylation sites is 1. The van der Waals surface area contributed by atoms with E-state index in [1.165, 1.54) is 18.2 Å². The van der Waals surface area contributed by atoms with E-state index in [1.54, 1.807) is 35.0 Å². The lowest BCUT2D eigenvalue weighted by atomic mass is 10.1. The van der Waals surface area contributed by atoms with Crippen molar-refractivity contribution in [2.24, 2.45) is 0 Å². The smallest absolute Gasteiger partial charge is 0.148 e. The lowest BCUT2D eigenvalue weighted by Gasteiger charge is -2.07. The maximum Gasteiger partial charge on any atom is 0.148 e. The van der Waals surface area contributed by atoms with E-state index in [-0.39, 0.29) is 11.6 Å². The lowest BCUT2D eigenvalue weighted by molar-refractivity contribution is 0.610. The first-order valence-electron chi connectivity index (χ1n) is 7.56. The van der Waals surface area contributed by atoms with E-state index in [1.807, 2.05) is 0 Å². The summed E-state index contributed by atoms with van der Waals surface area (Å²) in [5.74, 6) is 0.296. The summed E-state index contributed by atoms with van der Waals surface area (Å²) < 4.78 is 28.8. The molecule has 1 aliphatic rings. The Morgan fingerprint density at radius 1 is 1.04 bits per heavy atom. The van der Waals surface area contributed by atoms with E-state index in [2.05, 4.69) is 10.4 Å². The monoisotopic (exact) mass is 311 g/mol. The molecule has 1 aliphatic heterocycles. The first-order chi connectivity index (χ1) is 11.2. The highest BCUT2D eigenvalue weighted by Crippen LogP contribution is 2.30. The molecule has 0 bridgehead atoms. The molecule has 0 amide bonds. The summed E-state index contributed by atoms with van der Waals surface area (Å²) in [6, 6.07) is 13.0. The van der Waals surface area contributed by atoms with Crippen LogP contribution in [-0.4, -0.2) is 16.3 Å². The Hall–Kier alpha value is -2.69. The van der Waals surface area contributed by atoms with Crippen LogP contribution in [0.15, 0.2) is 48.5 Å². The van der Waals surface area contributed by atoms with Crippen LogP contribution in [-0.2, 0) is 12.8 Å². The Morgan fingerprint density at radius 3 is 2.61 bits per heavy atom. The molecule has 0 spiro atoms. The molecule has 116 valence electrons. The molecule has 0 aliphatic carbocycles. The largest absolute Gasteiger partial charge is 0.369 e. The first-order valence-corrected chi connectivity index (χ1v) is 7.56. The van der Waals surface area contributed by atoms with Crippen LogP contribution in [0.3, 0.4) is 0 Å². The molecule has 3 aromatic rings. The molecule has 0 fully saturated rings. The zero-order chi connectivity index (χ0) is 15.8. The molecule has 5 heteroatoms. The van der Waals surface area contributed by atoms with Gasteiger partial charge in [0, 0.05) is 18.5 Å². The maximum absolute atomic E-state index is 14.1. The molecule has 1 aromatic heterocycles. The Bertz CT molecular complexity index is 853. The van der Waals surface area contributed by atoms with Crippen molar-refractivity contribution in [1.82, 2.24) is 9.78 Å². The van der Waals surface area contributed by atoms with Gasteiger partial charge in [-0.15, -0.1) is 0 Å². The van der Waals surface area contributed by atoms with Crippen LogP contribution in [0.5, 0.6) is 0 Å². The van der Waals surface area contributed by atoms with E-state index in [4.69, 9.17) is 0 Å². The van der Waals surface area contributed by atoms with Gasteiger partial charge in [-0.05, 0) is 36.2 Å². The van der Waals surface area contributed by atoms with Gasteiger partial charge in [-0.2, -0.15) is 5.10 Å². The fraction of sp³-hybridized carbons (Fsp3) is 0.167. The van der Waals surface area contributed by atoms with Gasteiger partial charge in [0.05, 0.1) is 5.69 Å². The minimum Gasteiger partial charge on any atom is -0.369 e. The highest BCUT2D eigenvalue weighted by atomic mass is 19.1. The Kier molecular flexibility index (Phi) is 3.33. The number of benzene rings is 2. The standard InChI is InChI=1S/C18H15F2N3/c19-13-7-5-12(6-8-13)11-16-14-9-10-21-18(14)23(22-16)17-4-2-1-3-15(17)20/h1-8,21H,9-11H2. The van der Waals surface area contributed by atoms with Gasteiger partial charge in [0.15, 0.2) is 0 Å². The second kappa shape index (κ2) is 5.50. The minimum absolute atomic E-state index is 0.252. The van der Waals surface area contributed by atoms with E-state index in [9.17, 15) is 8.78 Å². The number of aromatic nitrogens is 2. The van der Waals surface area contributed by atoms with Gasteiger partial charge in [0.2, 0.25) is 0 Å². The molecule has 0 atom stereocenters. The van der Waals surface area contributed by atoms with Crippen molar-refractivity contribution >= 4 is 5.82 Å². The lowest BCUT2D eigenvalue weighted by Crippen LogP contribution is -2.06. The van der Waals surface area contributed by atoms with Gasteiger partial charge in [0.25, 0.3) is 0 Å². The van der Waals surface area contributed by atoms with Crippen molar-refractivity contribution < 1.29 is 8.78 Å². The van der Waals surface area contributed by atoms with Crippen LogP contribution in [0.1, 0.15) is 16.8 Å². The molecule has 0 saturated carbocycles. The van der Waals surface area contributed by atoms with Gasteiger partial charge < -0.3 is 5.32 Å². The van der Waals surface area contributed by atoms with Crippen molar-refractivity contribution in [3.05, 3.63) is 77.0 Å². The second-order valence-electron chi connectivity index (χ2n) is 5.62. The number of fused-ring (bicyclic) bond motifs is 1. The molecule has 1 N–H and O–H groups in total. The van der Waals surface area contributed by atoms with Crippen molar-refractivity contribution in [1.29, 1.82) is 0 Å². The predicted octanol–water partition coefficient (Wildman–Crippen LogP) is 3.71. The van der Waals surface area contributed by atoms with Gasteiger partial charge in [-0.1, -0.05) is 24.3 Å². The Labute approximate surface area is 132 Å².